The van der Waals surface area contributed by atoms with Crippen LogP contribution < -0.4 is 0 Å². The van der Waals surface area contributed by atoms with E-state index >= 15 is 0 Å². The SMILES string of the molecule is COC(C)C(C)C[CH]CC(C)C. The summed E-state index contributed by atoms with van der Waals surface area (Å²) in [7, 11) is 1.78. The van der Waals surface area contributed by atoms with Crippen molar-refractivity contribution in [1.29, 1.82) is 0 Å². The summed E-state index contributed by atoms with van der Waals surface area (Å²) in [5, 5.41) is 0. The maximum absolute atomic E-state index is 5.25. The van der Waals surface area contributed by atoms with Crippen LogP contribution in [-0.2, 0) is 4.74 Å². The van der Waals surface area contributed by atoms with Gasteiger partial charge in [-0.25, -0.2) is 0 Å². The minimum atomic E-state index is 0.383. The molecule has 0 aromatic heterocycles. The highest BCUT2D eigenvalue weighted by molar-refractivity contribution is 4.73. The number of methoxy groups -OCH3 is 1. The number of hydrogen-bond donors (Lipinski definition) is 0. The van der Waals surface area contributed by atoms with Gasteiger partial charge < -0.3 is 4.74 Å². The Labute approximate surface area is 77.5 Å². The zero-order valence-corrected chi connectivity index (χ0v) is 9.13. The fourth-order valence-corrected chi connectivity index (χ4v) is 1.12. The summed E-state index contributed by atoms with van der Waals surface area (Å²) < 4.78 is 5.25. The van der Waals surface area contributed by atoms with Gasteiger partial charge in [0, 0.05) is 7.11 Å². The smallest absolute Gasteiger partial charge is 0.0568 e. The average Bonchev–Trinajstić information content (AvgIpc) is 2.02. The first kappa shape index (κ1) is 12.0. The predicted molar refractivity (Wildman–Crippen MR) is 54.0 cm³/mol. The molecule has 0 amide bonds. The molecule has 0 saturated heterocycles. The van der Waals surface area contributed by atoms with E-state index in [9.17, 15) is 0 Å². The molecule has 0 aromatic rings. The molecule has 0 spiro atoms. The van der Waals surface area contributed by atoms with Crippen LogP contribution in [0.5, 0.6) is 0 Å². The molecule has 1 heteroatoms. The van der Waals surface area contributed by atoms with Crippen molar-refractivity contribution >= 4 is 0 Å². The molecule has 0 aromatic carbocycles. The van der Waals surface area contributed by atoms with E-state index in [-0.39, 0.29) is 0 Å². The van der Waals surface area contributed by atoms with Gasteiger partial charge in [-0.1, -0.05) is 20.8 Å². The molecule has 0 bridgehead atoms. The Morgan fingerprint density at radius 1 is 1.08 bits per heavy atom. The zero-order chi connectivity index (χ0) is 9.56. The first-order valence-electron chi connectivity index (χ1n) is 4.92. The average molecular weight is 171 g/mol. The van der Waals surface area contributed by atoms with Gasteiger partial charge in [-0.2, -0.15) is 0 Å². The molecule has 0 saturated carbocycles. The maximum atomic E-state index is 5.25. The molecule has 2 atom stereocenters. The van der Waals surface area contributed by atoms with Crippen molar-refractivity contribution < 1.29 is 4.74 Å². The van der Waals surface area contributed by atoms with E-state index in [1.807, 2.05) is 0 Å². The van der Waals surface area contributed by atoms with E-state index in [2.05, 4.69) is 34.1 Å². The molecule has 73 valence electrons. The van der Waals surface area contributed by atoms with Crippen LogP contribution in [0.1, 0.15) is 40.5 Å². The second kappa shape index (κ2) is 6.47. The highest BCUT2D eigenvalue weighted by atomic mass is 16.5. The van der Waals surface area contributed by atoms with E-state index in [0.29, 0.717) is 12.0 Å². The van der Waals surface area contributed by atoms with Crippen LogP contribution >= 0.6 is 0 Å². The topological polar surface area (TPSA) is 9.23 Å². The second-order valence-corrected chi connectivity index (χ2v) is 4.07. The van der Waals surface area contributed by atoms with E-state index in [0.717, 1.165) is 5.92 Å². The quantitative estimate of drug-likeness (QED) is 0.596. The van der Waals surface area contributed by atoms with Crippen LogP contribution in [0.3, 0.4) is 0 Å². The molecular formula is C11H23O. The van der Waals surface area contributed by atoms with Crippen molar-refractivity contribution in [2.24, 2.45) is 11.8 Å². The van der Waals surface area contributed by atoms with Crippen molar-refractivity contribution in [2.45, 2.75) is 46.6 Å². The summed E-state index contributed by atoms with van der Waals surface area (Å²) in [6, 6.07) is 0. The Hall–Kier alpha value is -0.0400. The Morgan fingerprint density at radius 2 is 1.67 bits per heavy atom. The van der Waals surface area contributed by atoms with Crippen LogP contribution in [0.2, 0.25) is 0 Å². The third-order valence-corrected chi connectivity index (χ3v) is 2.35. The number of ether oxygens (including phenoxy) is 1. The monoisotopic (exact) mass is 171 g/mol. The summed E-state index contributed by atoms with van der Waals surface area (Å²) in [4.78, 5) is 0. The zero-order valence-electron chi connectivity index (χ0n) is 9.13. The largest absolute Gasteiger partial charge is 0.381 e. The van der Waals surface area contributed by atoms with Gasteiger partial charge in [0.05, 0.1) is 6.10 Å². The predicted octanol–water partition coefficient (Wildman–Crippen LogP) is 3.30. The van der Waals surface area contributed by atoms with E-state index < -0.39 is 0 Å². The van der Waals surface area contributed by atoms with Gasteiger partial charge in [-0.05, 0) is 38.0 Å². The second-order valence-electron chi connectivity index (χ2n) is 4.07. The molecule has 0 N–H and O–H groups in total. The molecule has 0 aliphatic carbocycles. The Morgan fingerprint density at radius 3 is 2.08 bits per heavy atom. The highest BCUT2D eigenvalue weighted by Gasteiger charge is 2.10. The highest BCUT2D eigenvalue weighted by Crippen LogP contribution is 2.15. The lowest BCUT2D eigenvalue weighted by molar-refractivity contribution is 0.0730. The Balaban J connectivity index is 3.37. The molecule has 0 fully saturated rings. The van der Waals surface area contributed by atoms with Gasteiger partial charge in [-0.3, -0.25) is 0 Å². The molecule has 0 heterocycles. The standard InChI is InChI=1S/C11H23O/c1-9(2)7-6-8-10(3)11(4)12-5/h6,9-11H,7-8H2,1-5H3. The van der Waals surface area contributed by atoms with Gasteiger partial charge >= 0.3 is 0 Å². The van der Waals surface area contributed by atoms with E-state index in [4.69, 9.17) is 4.74 Å². The van der Waals surface area contributed by atoms with Crippen LogP contribution in [0, 0.1) is 18.3 Å². The van der Waals surface area contributed by atoms with E-state index in [1.54, 1.807) is 7.11 Å². The molecule has 1 nitrogen and oxygen atoms in total. The Bertz CT molecular complexity index is 99.2. The van der Waals surface area contributed by atoms with E-state index in [1.165, 1.54) is 12.8 Å². The fraction of sp³-hybridized carbons (Fsp3) is 0.909. The van der Waals surface area contributed by atoms with Gasteiger partial charge in [0.2, 0.25) is 0 Å². The first-order chi connectivity index (χ1) is 5.57. The fourth-order valence-electron chi connectivity index (χ4n) is 1.12. The summed E-state index contributed by atoms with van der Waals surface area (Å²) in [5.74, 6) is 1.43. The van der Waals surface area contributed by atoms with Crippen molar-refractivity contribution in [3.8, 4) is 0 Å². The van der Waals surface area contributed by atoms with Crippen molar-refractivity contribution in [3.05, 3.63) is 6.42 Å². The summed E-state index contributed by atoms with van der Waals surface area (Å²) in [5.41, 5.74) is 0. The minimum absolute atomic E-state index is 0.383. The van der Waals surface area contributed by atoms with Gasteiger partial charge in [-0.15, -0.1) is 0 Å². The van der Waals surface area contributed by atoms with Crippen molar-refractivity contribution in [3.63, 3.8) is 0 Å². The molecular weight excluding hydrogens is 148 g/mol. The maximum Gasteiger partial charge on any atom is 0.0568 e. The van der Waals surface area contributed by atoms with Gasteiger partial charge in [0.25, 0.3) is 0 Å². The Kier molecular flexibility index (Phi) is 6.45. The van der Waals surface area contributed by atoms with Crippen LogP contribution in [0.15, 0.2) is 0 Å². The van der Waals surface area contributed by atoms with Gasteiger partial charge in [0.15, 0.2) is 0 Å². The summed E-state index contributed by atoms with van der Waals surface area (Å²) in [6.07, 6.45) is 5.16. The summed E-state index contributed by atoms with van der Waals surface area (Å²) >= 11 is 0. The molecule has 0 aliphatic heterocycles. The van der Waals surface area contributed by atoms with Crippen LogP contribution in [0.25, 0.3) is 0 Å². The van der Waals surface area contributed by atoms with Crippen LogP contribution in [-0.4, -0.2) is 13.2 Å². The molecule has 0 rings (SSSR count). The van der Waals surface area contributed by atoms with Gasteiger partial charge in [0.1, 0.15) is 0 Å². The normalized spacial score (nSPS) is 16.5. The lowest BCUT2D eigenvalue weighted by Gasteiger charge is -2.18. The molecule has 1 radical (unpaired) electrons. The third-order valence-electron chi connectivity index (χ3n) is 2.35. The number of rotatable bonds is 6. The van der Waals surface area contributed by atoms with Crippen molar-refractivity contribution in [2.75, 3.05) is 7.11 Å². The lowest BCUT2D eigenvalue weighted by Crippen LogP contribution is -2.16. The molecule has 0 aliphatic rings. The summed E-state index contributed by atoms with van der Waals surface area (Å²) in [6.45, 7) is 8.88. The third kappa shape index (κ3) is 5.59. The minimum Gasteiger partial charge on any atom is -0.381 e. The number of hydrogen-bond acceptors (Lipinski definition) is 1. The molecule has 2 unspecified atom stereocenters. The lowest BCUT2D eigenvalue weighted by atomic mass is 9.96. The molecule has 12 heavy (non-hydrogen) atoms. The van der Waals surface area contributed by atoms with Crippen LogP contribution in [0.4, 0.5) is 0 Å². The first-order valence-corrected chi connectivity index (χ1v) is 4.92. The van der Waals surface area contributed by atoms with Crippen molar-refractivity contribution in [1.82, 2.24) is 0 Å².